The third-order valence-corrected chi connectivity index (χ3v) is 5.80. The summed E-state index contributed by atoms with van der Waals surface area (Å²) in [4.78, 5) is 12.3. The number of hydrazone groups is 1. The van der Waals surface area contributed by atoms with Crippen LogP contribution in [0.2, 0.25) is 5.02 Å². The van der Waals surface area contributed by atoms with Crippen molar-refractivity contribution in [2.45, 2.75) is 4.90 Å². The summed E-state index contributed by atoms with van der Waals surface area (Å²) < 4.78 is 35.9. The topological polar surface area (TPSA) is 97.3 Å². The third kappa shape index (κ3) is 4.05. The molecule has 1 amide bonds. The largest absolute Gasteiger partial charge is 0.454 e. The van der Waals surface area contributed by atoms with Gasteiger partial charge in [0.25, 0.3) is 5.91 Å². The first-order chi connectivity index (χ1) is 12.8. The van der Waals surface area contributed by atoms with Gasteiger partial charge in [0, 0.05) is 19.7 Å². The molecular formula is C17H16ClN3O5S. The van der Waals surface area contributed by atoms with Crippen LogP contribution in [0.25, 0.3) is 0 Å². The highest BCUT2D eigenvalue weighted by Crippen LogP contribution is 2.39. The van der Waals surface area contributed by atoms with Crippen molar-refractivity contribution in [2.75, 3.05) is 20.9 Å². The molecule has 0 atom stereocenters. The number of nitrogens with one attached hydrogen (secondary N) is 1. The van der Waals surface area contributed by atoms with Crippen molar-refractivity contribution in [2.24, 2.45) is 5.10 Å². The van der Waals surface area contributed by atoms with Gasteiger partial charge in [-0.05, 0) is 35.9 Å². The number of hydrogen-bond donors (Lipinski definition) is 1. The fourth-order valence-corrected chi connectivity index (χ4v) is 3.52. The van der Waals surface area contributed by atoms with E-state index >= 15 is 0 Å². The molecule has 0 spiro atoms. The predicted molar refractivity (Wildman–Crippen MR) is 100.0 cm³/mol. The zero-order valence-electron chi connectivity index (χ0n) is 14.5. The van der Waals surface area contributed by atoms with E-state index < -0.39 is 15.9 Å². The minimum Gasteiger partial charge on any atom is -0.454 e. The number of fused-ring (bicyclic) bond motifs is 1. The molecule has 3 rings (SSSR count). The SMILES string of the molecule is CN(C)S(=O)(=O)c1cccc(C(=O)N/N=C\c2cc(Cl)c3c(c2)OCO3)c1. The number of amides is 1. The monoisotopic (exact) mass is 409 g/mol. The number of benzene rings is 2. The zero-order chi connectivity index (χ0) is 19.6. The fourth-order valence-electron chi connectivity index (χ4n) is 2.30. The molecule has 0 aliphatic carbocycles. The van der Waals surface area contributed by atoms with Gasteiger partial charge in [0.1, 0.15) is 0 Å². The van der Waals surface area contributed by atoms with Crippen molar-refractivity contribution in [1.82, 2.24) is 9.73 Å². The highest BCUT2D eigenvalue weighted by Gasteiger charge is 2.19. The summed E-state index contributed by atoms with van der Waals surface area (Å²) in [5.74, 6) is 0.419. The van der Waals surface area contributed by atoms with Gasteiger partial charge in [-0.1, -0.05) is 17.7 Å². The Bertz CT molecular complexity index is 1020. The molecule has 1 aliphatic heterocycles. The Labute approximate surface area is 161 Å². The van der Waals surface area contributed by atoms with Crippen LogP contribution in [-0.2, 0) is 10.0 Å². The molecule has 1 aliphatic rings. The van der Waals surface area contributed by atoms with E-state index in [2.05, 4.69) is 10.5 Å². The van der Waals surface area contributed by atoms with Crippen molar-refractivity contribution in [3.05, 3.63) is 52.5 Å². The van der Waals surface area contributed by atoms with Crippen molar-refractivity contribution >= 4 is 33.7 Å². The Balaban J connectivity index is 1.73. The molecule has 8 nitrogen and oxygen atoms in total. The molecule has 142 valence electrons. The first-order valence-corrected chi connectivity index (χ1v) is 9.56. The van der Waals surface area contributed by atoms with Gasteiger partial charge in [-0.2, -0.15) is 5.10 Å². The van der Waals surface area contributed by atoms with E-state index in [9.17, 15) is 13.2 Å². The lowest BCUT2D eigenvalue weighted by Gasteiger charge is -2.11. The lowest BCUT2D eigenvalue weighted by Crippen LogP contribution is -2.23. The van der Waals surface area contributed by atoms with E-state index in [0.717, 1.165) is 4.31 Å². The molecule has 0 fully saturated rings. The van der Waals surface area contributed by atoms with Crippen LogP contribution in [0.15, 0.2) is 46.4 Å². The summed E-state index contributed by atoms with van der Waals surface area (Å²) in [6.45, 7) is 0.0958. The summed E-state index contributed by atoms with van der Waals surface area (Å²) in [6.07, 6.45) is 1.39. The van der Waals surface area contributed by atoms with Crippen LogP contribution in [-0.4, -0.2) is 45.7 Å². The number of nitrogens with zero attached hydrogens (tertiary/aromatic N) is 2. The van der Waals surface area contributed by atoms with Crippen LogP contribution in [0.3, 0.4) is 0 Å². The highest BCUT2D eigenvalue weighted by molar-refractivity contribution is 7.89. The Morgan fingerprint density at radius 1 is 1.26 bits per heavy atom. The van der Waals surface area contributed by atoms with Crippen LogP contribution >= 0.6 is 11.6 Å². The number of rotatable bonds is 5. The highest BCUT2D eigenvalue weighted by atomic mass is 35.5. The van der Waals surface area contributed by atoms with Crippen molar-refractivity contribution < 1.29 is 22.7 Å². The molecule has 10 heteroatoms. The lowest BCUT2D eigenvalue weighted by molar-refractivity contribution is 0.0955. The van der Waals surface area contributed by atoms with Crippen molar-refractivity contribution in [3.8, 4) is 11.5 Å². The van der Waals surface area contributed by atoms with Crippen LogP contribution < -0.4 is 14.9 Å². The van der Waals surface area contributed by atoms with Gasteiger partial charge in [0.2, 0.25) is 16.8 Å². The van der Waals surface area contributed by atoms with Crippen LogP contribution in [0.4, 0.5) is 0 Å². The van der Waals surface area contributed by atoms with Gasteiger partial charge in [-0.3, -0.25) is 4.79 Å². The number of carbonyl (C=O) groups is 1. The molecule has 0 aromatic heterocycles. The van der Waals surface area contributed by atoms with E-state index in [4.69, 9.17) is 21.1 Å². The van der Waals surface area contributed by atoms with Crippen LogP contribution in [0.5, 0.6) is 11.5 Å². The average molecular weight is 410 g/mol. The summed E-state index contributed by atoms with van der Waals surface area (Å²) in [7, 11) is -0.794. The number of carbonyl (C=O) groups excluding carboxylic acids is 1. The molecule has 0 saturated heterocycles. The Kier molecular flexibility index (Phi) is 5.36. The van der Waals surface area contributed by atoms with Gasteiger partial charge in [0.05, 0.1) is 16.1 Å². The van der Waals surface area contributed by atoms with Crippen molar-refractivity contribution in [3.63, 3.8) is 0 Å². The molecular weight excluding hydrogens is 394 g/mol. The summed E-state index contributed by atoms with van der Waals surface area (Å²) in [5, 5.41) is 4.25. The predicted octanol–water partition coefficient (Wildman–Crippen LogP) is 2.08. The molecule has 0 radical (unpaired) electrons. The molecule has 27 heavy (non-hydrogen) atoms. The molecule has 1 N–H and O–H groups in total. The molecule has 0 saturated carbocycles. The average Bonchev–Trinajstić information content (AvgIpc) is 3.11. The molecule has 0 unspecified atom stereocenters. The van der Waals surface area contributed by atoms with E-state index in [1.54, 1.807) is 12.1 Å². The minimum atomic E-state index is -3.63. The van der Waals surface area contributed by atoms with E-state index in [1.165, 1.54) is 44.6 Å². The normalized spacial score (nSPS) is 13.3. The molecule has 2 aromatic carbocycles. The Morgan fingerprint density at radius 3 is 2.78 bits per heavy atom. The zero-order valence-corrected chi connectivity index (χ0v) is 16.0. The van der Waals surface area contributed by atoms with E-state index in [-0.39, 0.29) is 17.3 Å². The Hall–Kier alpha value is -2.62. The quantitative estimate of drug-likeness (QED) is 0.602. The second kappa shape index (κ2) is 7.55. The molecule has 0 bridgehead atoms. The first-order valence-electron chi connectivity index (χ1n) is 7.74. The number of sulfonamides is 1. The van der Waals surface area contributed by atoms with Crippen LogP contribution in [0.1, 0.15) is 15.9 Å². The summed E-state index contributed by atoms with van der Waals surface area (Å²) in [5.41, 5.74) is 3.12. The maximum Gasteiger partial charge on any atom is 0.271 e. The number of ether oxygens (including phenoxy) is 2. The molecule has 2 aromatic rings. The minimum absolute atomic E-state index is 0.0201. The Morgan fingerprint density at radius 2 is 2.04 bits per heavy atom. The standard InChI is InChI=1S/C17H16ClN3O5S/c1-21(2)27(23,24)13-5-3-4-12(8-13)17(22)20-19-9-11-6-14(18)16-15(7-11)25-10-26-16/h3-9H,10H2,1-2H3,(H,20,22)/b19-9-. The molecule has 1 heterocycles. The maximum atomic E-state index is 12.2. The van der Waals surface area contributed by atoms with E-state index in [1.807, 2.05) is 0 Å². The van der Waals surface area contributed by atoms with Gasteiger partial charge >= 0.3 is 0 Å². The second-order valence-electron chi connectivity index (χ2n) is 5.75. The van der Waals surface area contributed by atoms with Gasteiger partial charge < -0.3 is 9.47 Å². The summed E-state index contributed by atoms with van der Waals surface area (Å²) in [6, 6.07) is 8.99. The number of halogens is 1. The van der Waals surface area contributed by atoms with Crippen LogP contribution in [0, 0.1) is 0 Å². The fraction of sp³-hybridized carbons (Fsp3) is 0.176. The number of hydrogen-bond acceptors (Lipinski definition) is 6. The summed E-state index contributed by atoms with van der Waals surface area (Å²) >= 11 is 6.08. The second-order valence-corrected chi connectivity index (χ2v) is 8.31. The van der Waals surface area contributed by atoms with Gasteiger partial charge in [0.15, 0.2) is 11.5 Å². The maximum absolute atomic E-state index is 12.2. The van der Waals surface area contributed by atoms with Gasteiger partial charge in [-0.25, -0.2) is 18.1 Å². The third-order valence-electron chi connectivity index (χ3n) is 3.70. The first kappa shape index (κ1) is 19.2. The van der Waals surface area contributed by atoms with Crippen molar-refractivity contribution in [1.29, 1.82) is 0 Å². The van der Waals surface area contributed by atoms with Gasteiger partial charge in [-0.15, -0.1) is 0 Å². The van der Waals surface area contributed by atoms with E-state index in [0.29, 0.717) is 22.1 Å². The smallest absolute Gasteiger partial charge is 0.271 e. The lowest BCUT2D eigenvalue weighted by atomic mass is 10.2.